The van der Waals surface area contributed by atoms with Crippen LogP contribution in [0.25, 0.3) is 10.8 Å². The highest BCUT2D eigenvalue weighted by molar-refractivity contribution is 7.98. The van der Waals surface area contributed by atoms with Gasteiger partial charge in [-0.2, -0.15) is 0 Å². The Labute approximate surface area is 182 Å². The van der Waals surface area contributed by atoms with Gasteiger partial charge >= 0.3 is 0 Å². The van der Waals surface area contributed by atoms with Gasteiger partial charge in [-0.25, -0.2) is 0 Å². The molecular weight excluding hydrogens is 390 g/mol. The lowest BCUT2D eigenvalue weighted by molar-refractivity contribution is 0.209. The van der Waals surface area contributed by atoms with E-state index in [4.69, 9.17) is 4.74 Å². The maximum Gasteiger partial charge on any atom is 0.148 e. The third-order valence-corrected chi connectivity index (χ3v) is 6.93. The van der Waals surface area contributed by atoms with E-state index in [9.17, 15) is 0 Å². The highest BCUT2D eigenvalue weighted by Crippen LogP contribution is 2.36. The molecule has 1 saturated carbocycles. The lowest BCUT2D eigenvalue weighted by Gasteiger charge is -2.19. The topological polar surface area (TPSA) is 46.5 Å². The minimum atomic E-state index is 0.352. The largest absolute Gasteiger partial charge is 0.490 e. The average molecular weight is 418 g/mol. The number of ether oxygens (including phenoxy) is 1. The van der Waals surface area contributed by atoms with Crippen LogP contribution >= 0.6 is 11.8 Å². The zero-order valence-electron chi connectivity index (χ0n) is 17.1. The van der Waals surface area contributed by atoms with E-state index in [0.717, 1.165) is 60.3 Å². The van der Waals surface area contributed by atoms with Crippen molar-refractivity contribution in [1.29, 1.82) is 0 Å². The first-order valence-electron chi connectivity index (χ1n) is 10.9. The Hall–Kier alpha value is -2.53. The number of rotatable bonds is 6. The first-order valence-corrected chi connectivity index (χ1v) is 11.9. The molecule has 1 aliphatic carbocycles. The van der Waals surface area contributed by atoms with Crippen molar-refractivity contribution < 1.29 is 4.74 Å². The molecule has 2 heterocycles. The maximum atomic E-state index is 6.48. The highest BCUT2D eigenvalue weighted by Gasteiger charge is 2.20. The fraction of sp³-hybridized carbons (Fsp3) is 0.360. The van der Waals surface area contributed by atoms with Gasteiger partial charge in [-0.3, -0.25) is 9.98 Å². The Balaban J connectivity index is 1.46. The zero-order chi connectivity index (χ0) is 20.2. The van der Waals surface area contributed by atoms with E-state index >= 15 is 0 Å². The van der Waals surface area contributed by atoms with Crippen molar-refractivity contribution >= 4 is 28.4 Å². The molecule has 30 heavy (non-hydrogen) atoms. The number of thioether (sulfide) groups is 1. The number of hydrogen-bond donors (Lipinski definition) is 1. The second-order valence-corrected chi connectivity index (χ2v) is 8.95. The van der Waals surface area contributed by atoms with Crippen molar-refractivity contribution in [2.45, 2.75) is 48.9 Å². The van der Waals surface area contributed by atoms with E-state index in [-0.39, 0.29) is 0 Å². The Morgan fingerprint density at radius 3 is 2.77 bits per heavy atom. The molecule has 154 valence electrons. The maximum absolute atomic E-state index is 6.48. The van der Waals surface area contributed by atoms with Gasteiger partial charge < -0.3 is 10.1 Å². The second kappa shape index (κ2) is 9.09. The smallest absolute Gasteiger partial charge is 0.148 e. The Bertz CT molecular complexity index is 1060. The van der Waals surface area contributed by atoms with Crippen LogP contribution in [0.2, 0.25) is 0 Å². The minimum absolute atomic E-state index is 0.352. The average Bonchev–Trinajstić information content (AvgIpc) is 3.32. The summed E-state index contributed by atoms with van der Waals surface area (Å²) in [5, 5.41) is 5.95. The summed E-state index contributed by atoms with van der Waals surface area (Å²) in [4.78, 5) is 10.5. The van der Waals surface area contributed by atoms with Crippen LogP contribution in [-0.2, 0) is 5.75 Å². The van der Waals surface area contributed by atoms with Gasteiger partial charge in [0.15, 0.2) is 0 Å². The molecule has 0 spiro atoms. The predicted octanol–water partition coefficient (Wildman–Crippen LogP) is 5.59. The van der Waals surface area contributed by atoms with Crippen molar-refractivity contribution in [3.05, 3.63) is 66.0 Å². The van der Waals surface area contributed by atoms with Gasteiger partial charge in [0.1, 0.15) is 17.3 Å². The molecule has 2 aliphatic rings. The van der Waals surface area contributed by atoms with Gasteiger partial charge in [0.2, 0.25) is 0 Å². The van der Waals surface area contributed by atoms with Crippen molar-refractivity contribution in [2.24, 2.45) is 4.99 Å². The van der Waals surface area contributed by atoms with Crippen molar-refractivity contribution in [1.82, 2.24) is 10.3 Å². The van der Waals surface area contributed by atoms with E-state index in [1.165, 1.54) is 29.2 Å². The van der Waals surface area contributed by atoms with Crippen LogP contribution in [0.15, 0.2) is 64.6 Å². The van der Waals surface area contributed by atoms with Crippen LogP contribution in [0.5, 0.6) is 5.75 Å². The molecule has 1 fully saturated rings. The zero-order valence-corrected chi connectivity index (χ0v) is 18.0. The van der Waals surface area contributed by atoms with Gasteiger partial charge in [-0.05, 0) is 61.1 Å². The number of aromatic nitrogens is 1. The summed E-state index contributed by atoms with van der Waals surface area (Å²) in [6, 6.07) is 17.1. The molecule has 0 amide bonds. The van der Waals surface area contributed by atoms with Crippen LogP contribution < -0.4 is 10.1 Å². The molecule has 5 heteroatoms. The number of hydrogen-bond acceptors (Lipinski definition) is 5. The number of benzene rings is 2. The number of fused-ring (bicyclic) bond motifs is 1. The van der Waals surface area contributed by atoms with E-state index in [0.29, 0.717) is 6.10 Å². The van der Waals surface area contributed by atoms with Crippen molar-refractivity contribution in [2.75, 3.05) is 13.1 Å². The number of pyridine rings is 1. The van der Waals surface area contributed by atoms with Gasteiger partial charge in [-0.1, -0.05) is 30.3 Å². The SMILES string of the molecule is c1cnc(C2=NCCCN2)c(SCc2c(OC3CCCC3)ccc3ccccc23)c1. The molecule has 0 atom stereocenters. The van der Waals surface area contributed by atoms with E-state index in [1.807, 2.05) is 24.0 Å². The Morgan fingerprint density at radius 1 is 1.00 bits per heavy atom. The highest BCUT2D eigenvalue weighted by atomic mass is 32.2. The molecule has 3 aromatic rings. The van der Waals surface area contributed by atoms with Crippen LogP contribution in [-0.4, -0.2) is 30.0 Å². The monoisotopic (exact) mass is 417 g/mol. The summed E-state index contributed by atoms with van der Waals surface area (Å²) >= 11 is 1.82. The summed E-state index contributed by atoms with van der Waals surface area (Å²) in [6.07, 6.45) is 8.16. The van der Waals surface area contributed by atoms with Crippen LogP contribution in [0.1, 0.15) is 43.4 Å². The fourth-order valence-corrected chi connectivity index (χ4v) is 5.35. The van der Waals surface area contributed by atoms with Crippen LogP contribution in [0.4, 0.5) is 0 Å². The third kappa shape index (κ3) is 4.17. The predicted molar refractivity (Wildman–Crippen MR) is 125 cm³/mol. The second-order valence-electron chi connectivity index (χ2n) is 7.94. The van der Waals surface area contributed by atoms with Crippen molar-refractivity contribution in [3.63, 3.8) is 0 Å². The lowest BCUT2D eigenvalue weighted by atomic mass is 10.0. The number of amidine groups is 1. The molecule has 4 nitrogen and oxygen atoms in total. The fourth-order valence-electron chi connectivity index (χ4n) is 4.29. The van der Waals surface area contributed by atoms with Crippen LogP contribution in [0.3, 0.4) is 0 Å². The first-order chi connectivity index (χ1) is 14.9. The van der Waals surface area contributed by atoms with E-state index in [2.05, 4.69) is 57.8 Å². The molecule has 0 saturated heterocycles. The van der Waals surface area contributed by atoms with Crippen LogP contribution in [0, 0.1) is 0 Å². The van der Waals surface area contributed by atoms with Gasteiger partial charge in [0.05, 0.1) is 6.10 Å². The molecule has 1 aromatic heterocycles. The normalized spacial score (nSPS) is 17.0. The molecule has 0 unspecified atom stereocenters. The number of aliphatic imine (C=N–C) groups is 1. The van der Waals surface area contributed by atoms with Gasteiger partial charge in [-0.15, -0.1) is 11.8 Å². The lowest BCUT2D eigenvalue weighted by Crippen LogP contribution is -2.31. The van der Waals surface area contributed by atoms with E-state index in [1.54, 1.807) is 0 Å². The van der Waals surface area contributed by atoms with E-state index < -0.39 is 0 Å². The molecule has 1 N–H and O–H groups in total. The molecular formula is C25H27N3OS. The van der Waals surface area contributed by atoms with Gasteiger partial charge in [0.25, 0.3) is 0 Å². The summed E-state index contributed by atoms with van der Waals surface area (Å²) in [5.74, 6) is 2.80. The number of nitrogens with one attached hydrogen (secondary N) is 1. The standard InChI is InChI=1S/C25H27N3OS/c1-4-10-20-18(7-1)12-13-22(29-19-8-2-3-9-19)21(20)17-30-23-11-5-14-26-24(23)25-27-15-6-16-28-25/h1,4-5,7,10-14,19H,2-3,6,8-9,15-17H2,(H,27,28). The molecule has 5 rings (SSSR count). The van der Waals surface area contributed by atoms with Gasteiger partial charge in [0, 0.05) is 35.5 Å². The third-order valence-electron chi connectivity index (χ3n) is 5.86. The first kappa shape index (κ1) is 19.4. The molecule has 2 aromatic carbocycles. The molecule has 0 radical (unpaired) electrons. The quantitative estimate of drug-likeness (QED) is 0.531. The minimum Gasteiger partial charge on any atom is -0.490 e. The Morgan fingerprint density at radius 2 is 1.90 bits per heavy atom. The summed E-state index contributed by atoms with van der Waals surface area (Å²) < 4.78 is 6.48. The number of nitrogens with zero attached hydrogens (tertiary/aromatic N) is 2. The van der Waals surface area contributed by atoms with Crippen molar-refractivity contribution in [3.8, 4) is 5.75 Å². The molecule has 0 bridgehead atoms. The molecule has 1 aliphatic heterocycles. The summed E-state index contributed by atoms with van der Waals surface area (Å²) in [5.41, 5.74) is 2.24. The Kier molecular flexibility index (Phi) is 5.89. The summed E-state index contributed by atoms with van der Waals surface area (Å²) in [6.45, 7) is 1.83. The summed E-state index contributed by atoms with van der Waals surface area (Å²) in [7, 11) is 0.